The third-order valence-corrected chi connectivity index (χ3v) is 8.32. The van der Waals surface area contributed by atoms with E-state index in [-0.39, 0.29) is 37.3 Å². The van der Waals surface area contributed by atoms with Crippen LogP contribution in [0.5, 0.6) is 5.88 Å². The van der Waals surface area contributed by atoms with Crippen LogP contribution in [0.25, 0.3) is 22.0 Å². The molecule has 1 N–H and O–H groups in total. The molecule has 5 aromatic rings. The summed E-state index contributed by atoms with van der Waals surface area (Å²) in [6.45, 7) is 2.72. The van der Waals surface area contributed by atoms with Crippen LogP contribution in [0.15, 0.2) is 59.0 Å². The van der Waals surface area contributed by atoms with Crippen molar-refractivity contribution in [3.05, 3.63) is 82.6 Å². The maximum Gasteiger partial charge on any atom is 0.335 e. The topological polar surface area (TPSA) is 123 Å². The molecule has 0 radical (unpaired) electrons. The molecule has 44 heavy (non-hydrogen) atoms. The van der Waals surface area contributed by atoms with Crippen molar-refractivity contribution in [3.63, 3.8) is 0 Å². The first-order chi connectivity index (χ1) is 21.3. The summed E-state index contributed by atoms with van der Waals surface area (Å²) in [5, 5.41) is 10.4. The molecule has 2 aliphatic heterocycles. The minimum Gasteiger partial charge on any atom is -0.478 e. The number of fused-ring (bicyclic) bond motifs is 2. The molecule has 0 unspecified atom stereocenters. The van der Waals surface area contributed by atoms with E-state index < -0.39 is 12.0 Å². The minimum atomic E-state index is -1.01. The maximum atomic E-state index is 13.7. The first-order valence-electron chi connectivity index (χ1n) is 14.2. The van der Waals surface area contributed by atoms with Crippen LogP contribution in [0, 0.1) is 6.01 Å². The molecular weight excluding hydrogens is 593 g/mol. The lowest BCUT2D eigenvalue weighted by Crippen LogP contribution is -2.50. The summed E-state index contributed by atoms with van der Waals surface area (Å²) in [6, 6.07) is 14.1. The third kappa shape index (κ3) is 5.42. The summed E-state index contributed by atoms with van der Waals surface area (Å²) < 4.78 is 32.4. The summed E-state index contributed by atoms with van der Waals surface area (Å²) in [5.74, 6) is 0.529. The van der Waals surface area contributed by atoms with Gasteiger partial charge in [-0.2, -0.15) is 9.37 Å². The lowest BCUT2D eigenvalue weighted by Gasteiger charge is -2.35. The Morgan fingerprint density at radius 2 is 2.00 bits per heavy atom. The average molecular weight is 620 g/mol. The number of ether oxygens (including phenoxy) is 2. The Bertz CT molecular complexity index is 1900. The van der Waals surface area contributed by atoms with E-state index in [4.69, 9.17) is 30.5 Å². The number of benzene rings is 2. The van der Waals surface area contributed by atoms with E-state index in [1.54, 1.807) is 41.3 Å². The number of hydrogen-bond donors (Lipinski definition) is 1. The zero-order valence-corrected chi connectivity index (χ0v) is 24.2. The molecule has 0 aliphatic carbocycles. The van der Waals surface area contributed by atoms with Gasteiger partial charge in [-0.25, -0.2) is 9.78 Å². The lowest BCUT2D eigenvalue weighted by atomic mass is 10.1. The highest BCUT2D eigenvalue weighted by molar-refractivity contribution is 6.35. The van der Waals surface area contributed by atoms with Crippen LogP contribution in [0.3, 0.4) is 0 Å². The van der Waals surface area contributed by atoms with E-state index in [9.17, 15) is 19.1 Å². The Balaban J connectivity index is 1.04. The molecule has 0 saturated carbocycles. The number of rotatable bonds is 9. The predicted molar refractivity (Wildman–Crippen MR) is 158 cm³/mol. The van der Waals surface area contributed by atoms with Gasteiger partial charge in [-0.1, -0.05) is 23.7 Å². The van der Waals surface area contributed by atoms with E-state index in [1.807, 2.05) is 15.5 Å². The number of carbonyl (C=O) groups excluding carboxylic acids is 1. The van der Waals surface area contributed by atoms with E-state index in [1.165, 1.54) is 12.1 Å². The zero-order chi connectivity index (χ0) is 30.4. The lowest BCUT2D eigenvalue weighted by molar-refractivity contribution is -0.131. The zero-order valence-electron chi connectivity index (χ0n) is 23.4. The van der Waals surface area contributed by atoms with Gasteiger partial charge in [0.1, 0.15) is 23.8 Å². The molecule has 11 nitrogen and oxygen atoms in total. The maximum absolute atomic E-state index is 13.7. The first kappa shape index (κ1) is 28.1. The van der Waals surface area contributed by atoms with Crippen LogP contribution in [0.1, 0.15) is 28.2 Å². The van der Waals surface area contributed by atoms with Gasteiger partial charge in [-0.3, -0.25) is 4.79 Å². The molecule has 13 heteroatoms. The molecule has 5 heterocycles. The Kier molecular flexibility index (Phi) is 7.31. The fraction of sp³-hybridized carbons (Fsp3) is 0.290. The van der Waals surface area contributed by atoms with Crippen LogP contribution in [-0.4, -0.2) is 68.8 Å². The van der Waals surface area contributed by atoms with Crippen molar-refractivity contribution >= 4 is 51.3 Å². The second-order valence-corrected chi connectivity index (χ2v) is 11.2. The van der Waals surface area contributed by atoms with Crippen LogP contribution in [-0.2, 0) is 29.2 Å². The van der Waals surface area contributed by atoms with Gasteiger partial charge in [0.25, 0.3) is 6.01 Å². The van der Waals surface area contributed by atoms with Crippen LogP contribution >= 0.6 is 11.6 Å². The van der Waals surface area contributed by atoms with Gasteiger partial charge in [0.2, 0.25) is 11.8 Å². The number of anilines is 1. The SMILES string of the molecule is O=C(O)c1ccc2nc(CN3CCN(c4cccc(OCc5ccc(Cl)c6cc(F)oc56)n4)CC3=O)n(C[C@@H]3CCO3)c2c1. The van der Waals surface area contributed by atoms with Crippen LogP contribution < -0.4 is 9.64 Å². The summed E-state index contributed by atoms with van der Waals surface area (Å²) in [5.41, 5.74) is 2.51. The number of furan rings is 1. The van der Waals surface area contributed by atoms with Crippen molar-refractivity contribution in [2.75, 3.05) is 31.1 Å². The number of aromatic carboxylic acids is 1. The molecule has 3 aromatic heterocycles. The molecular formula is C31H27ClFN5O6. The highest BCUT2D eigenvalue weighted by atomic mass is 35.5. The normalized spacial score (nSPS) is 17.0. The van der Waals surface area contributed by atoms with Crippen molar-refractivity contribution in [1.82, 2.24) is 19.4 Å². The highest BCUT2D eigenvalue weighted by Gasteiger charge is 2.28. The van der Waals surface area contributed by atoms with Crippen molar-refractivity contribution in [3.8, 4) is 5.88 Å². The van der Waals surface area contributed by atoms with E-state index >= 15 is 0 Å². The number of piperazine rings is 1. The monoisotopic (exact) mass is 619 g/mol. The fourth-order valence-corrected chi connectivity index (χ4v) is 5.75. The molecule has 1 amide bonds. The second kappa shape index (κ2) is 11.4. The number of nitrogens with zero attached hydrogens (tertiary/aromatic N) is 5. The smallest absolute Gasteiger partial charge is 0.335 e. The van der Waals surface area contributed by atoms with Gasteiger partial charge in [-0.15, -0.1) is 0 Å². The van der Waals surface area contributed by atoms with Gasteiger partial charge in [-0.05, 0) is 36.8 Å². The number of carboxylic acids is 1. The minimum absolute atomic E-state index is 0.0266. The largest absolute Gasteiger partial charge is 0.478 e. The van der Waals surface area contributed by atoms with Crippen LogP contribution in [0.4, 0.5) is 10.2 Å². The van der Waals surface area contributed by atoms with E-state index in [0.29, 0.717) is 76.4 Å². The number of pyridine rings is 1. The Morgan fingerprint density at radius 1 is 1.14 bits per heavy atom. The second-order valence-electron chi connectivity index (χ2n) is 10.8. The molecule has 0 spiro atoms. The summed E-state index contributed by atoms with van der Waals surface area (Å²) in [6.07, 6.45) is 0.940. The molecule has 0 bridgehead atoms. The number of halogens is 2. The molecule has 2 aliphatic rings. The summed E-state index contributed by atoms with van der Waals surface area (Å²) >= 11 is 6.16. The average Bonchev–Trinajstić information content (AvgIpc) is 3.55. The number of imidazole rings is 1. The Morgan fingerprint density at radius 3 is 2.77 bits per heavy atom. The van der Waals surface area contributed by atoms with Crippen molar-refractivity contribution in [2.24, 2.45) is 0 Å². The number of hydrogen-bond acceptors (Lipinski definition) is 8. The van der Waals surface area contributed by atoms with Crippen molar-refractivity contribution in [2.45, 2.75) is 32.2 Å². The number of carboxylic acid groups (broad SMARTS) is 1. The number of aromatic nitrogens is 3. The van der Waals surface area contributed by atoms with Gasteiger partial charge in [0, 0.05) is 42.8 Å². The van der Waals surface area contributed by atoms with Gasteiger partial charge in [0.05, 0.1) is 47.4 Å². The van der Waals surface area contributed by atoms with Gasteiger partial charge < -0.3 is 33.4 Å². The molecule has 226 valence electrons. The van der Waals surface area contributed by atoms with E-state index in [2.05, 4.69) is 4.98 Å². The van der Waals surface area contributed by atoms with Crippen molar-refractivity contribution in [1.29, 1.82) is 0 Å². The highest BCUT2D eigenvalue weighted by Crippen LogP contribution is 2.30. The number of carbonyl (C=O) groups is 2. The molecule has 1 atom stereocenters. The molecule has 2 saturated heterocycles. The molecule has 7 rings (SSSR count). The fourth-order valence-electron chi connectivity index (χ4n) is 5.55. The van der Waals surface area contributed by atoms with Crippen LogP contribution in [0.2, 0.25) is 5.02 Å². The number of amides is 1. The standard InChI is InChI=1S/C31H27ClFN5O6/c32-22-6-4-19(30-21(22)13-25(33)44-30)17-43-28-3-1-2-26(35-28)36-9-10-37(29(39)16-36)15-27-34-23-7-5-18(31(40)41)12-24(23)38(27)14-20-8-11-42-20/h1-7,12-13,20H,8-11,14-17H2,(H,40,41)/t20-/m0/s1. The van der Waals surface area contributed by atoms with E-state index in [0.717, 1.165) is 6.42 Å². The first-order valence-corrected chi connectivity index (χ1v) is 14.5. The summed E-state index contributed by atoms with van der Waals surface area (Å²) in [4.78, 5) is 37.9. The Labute approximate surface area is 255 Å². The predicted octanol–water partition coefficient (Wildman–Crippen LogP) is 4.88. The quantitative estimate of drug-likeness (QED) is 0.246. The third-order valence-electron chi connectivity index (χ3n) is 7.99. The van der Waals surface area contributed by atoms with Gasteiger partial charge >= 0.3 is 5.97 Å². The molecule has 2 fully saturated rings. The summed E-state index contributed by atoms with van der Waals surface area (Å²) in [7, 11) is 0. The van der Waals surface area contributed by atoms with Gasteiger partial charge in [0.15, 0.2) is 0 Å². The molecule has 2 aromatic carbocycles. The van der Waals surface area contributed by atoms with Crippen molar-refractivity contribution < 1.29 is 33.0 Å². The Hall–Kier alpha value is -4.68.